The van der Waals surface area contributed by atoms with Crippen molar-refractivity contribution in [2.24, 2.45) is 0 Å². The van der Waals surface area contributed by atoms with Gasteiger partial charge in [0, 0.05) is 17.9 Å². The second-order valence-electron chi connectivity index (χ2n) is 6.61. The average Bonchev–Trinajstić information content (AvgIpc) is 2.82. The summed E-state index contributed by atoms with van der Waals surface area (Å²) in [6.45, 7) is 0.127. The first kappa shape index (κ1) is 21.7. The molecule has 0 spiro atoms. The van der Waals surface area contributed by atoms with Gasteiger partial charge in [-0.1, -0.05) is 24.3 Å². The van der Waals surface area contributed by atoms with Crippen LogP contribution in [0.2, 0.25) is 0 Å². The van der Waals surface area contributed by atoms with E-state index in [1.807, 2.05) is 42.5 Å². The van der Waals surface area contributed by atoms with E-state index in [9.17, 15) is 9.59 Å². The van der Waals surface area contributed by atoms with Crippen molar-refractivity contribution in [2.45, 2.75) is 6.54 Å². The molecule has 0 atom stereocenters. The van der Waals surface area contributed by atoms with Crippen molar-refractivity contribution in [2.75, 3.05) is 26.1 Å². The van der Waals surface area contributed by atoms with Gasteiger partial charge < -0.3 is 24.8 Å². The molecular formula is C24H24N2O5. The fraction of sp³-hybridized carbons (Fsp3) is 0.167. The van der Waals surface area contributed by atoms with Gasteiger partial charge in [-0.05, 0) is 54.1 Å². The van der Waals surface area contributed by atoms with Gasteiger partial charge in [-0.15, -0.1) is 0 Å². The van der Waals surface area contributed by atoms with E-state index in [4.69, 9.17) is 14.2 Å². The van der Waals surface area contributed by atoms with Crippen LogP contribution in [0.5, 0.6) is 11.5 Å². The summed E-state index contributed by atoms with van der Waals surface area (Å²) in [4.78, 5) is 24.0. The van der Waals surface area contributed by atoms with Crippen molar-refractivity contribution in [3.8, 4) is 11.5 Å². The normalized spacial score (nSPS) is 10.1. The molecule has 3 aromatic carbocycles. The van der Waals surface area contributed by atoms with E-state index in [0.29, 0.717) is 17.1 Å². The van der Waals surface area contributed by atoms with Crippen LogP contribution in [0.15, 0.2) is 72.8 Å². The lowest BCUT2D eigenvalue weighted by atomic mass is 10.1. The van der Waals surface area contributed by atoms with Crippen LogP contribution in [0.25, 0.3) is 0 Å². The van der Waals surface area contributed by atoms with Crippen molar-refractivity contribution in [3.63, 3.8) is 0 Å². The maximum absolute atomic E-state index is 12.1. The highest BCUT2D eigenvalue weighted by Gasteiger charge is 2.14. The second-order valence-corrected chi connectivity index (χ2v) is 6.61. The van der Waals surface area contributed by atoms with Crippen LogP contribution in [0.1, 0.15) is 15.9 Å². The van der Waals surface area contributed by atoms with E-state index in [2.05, 4.69) is 10.6 Å². The number of benzene rings is 3. The van der Waals surface area contributed by atoms with Crippen molar-refractivity contribution in [1.29, 1.82) is 0 Å². The van der Waals surface area contributed by atoms with Crippen LogP contribution in [0, 0.1) is 0 Å². The summed E-state index contributed by atoms with van der Waals surface area (Å²) in [6.07, 6.45) is 0. The van der Waals surface area contributed by atoms with E-state index in [1.165, 1.54) is 14.2 Å². The van der Waals surface area contributed by atoms with E-state index < -0.39 is 5.97 Å². The average molecular weight is 420 g/mol. The van der Waals surface area contributed by atoms with Gasteiger partial charge in [-0.25, -0.2) is 4.79 Å². The standard InChI is InChI=1S/C24H24N2O5/c1-29-22-13-8-17(14-21(22)24(28)30-2)15-25-23(27)16-31-20-11-9-19(10-12-20)26-18-6-4-3-5-7-18/h3-14,26H,15-16H2,1-2H3,(H,25,27). The number of para-hydroxylation sites is 1. The number of carbonyl (C=O) groups excluding carboxylic acids is 2. The van der Waals surface area contributed by atoms with Crippen LogP contribution >= 0.6 is 0 Å². The van der Waals surface area contributed by atoms with Gasteiger partial charge in [-0.3, -0.25) is 4.79 Å². The van der Waals surface area contributed by atoms with Crippen molar-refractivity contribution >= 4 is 23.3 Å². The third kappa shape index (κ3) is 6.24. The first-order valence-corrected chi connectivity index (χ1v) is 9.66. The van der Waals surface area contributed by atoms with Crippen LogP contribution < -0.4 is 20.1 Å². The number of hydrogen-bond acceptors (Lipinski definition) is 6. The summed E-state index contributed by atoms with van der Waals surface area (Å²) >= 11 is 0. The number of ether oxygens (including phenoxy) is 3. The Morgan fingerprint density at radius 2 is 1.58 bits per heavy atom. The highest BCUT2D eigenvalue weighted by Crippen LogP contribution is 2.21. The molecule has 7 heteroatoms. The number of amides is 1. The molecule has 3 rings (SSSR count). The molecule has 0 bridgehead atoms. The largest absolute Gasteiger partial charge is 0.496 e. The van der Waals surface area contributed by atoms with Crippen molar-refractivity contribution < 1.29 is 23.8 Å². The number of hydrogen-bond donors (Lipinski definition) is 2. The van der Waals surface area contributed by atoms with Crippen LogP contribution in [0.3, 0.4) is 0 Å². The zero-order valence-corrected chi connectivity index (χ0v) is 17.4. The minimum absolute atomic E-state index is 0.120. The first-order chi connectivity index (χ1) is 15.1. The molecule has 0 unspecified atom stereocenters. The van der Waals surface area contributed by atoms with Crippen molar-refractivity contribution in [3.05, 3.63) is 83.9 Å². The molecular weight excluding hydrogens is 396 g/mol. The minimum atomic E-state index is -0.501. The minimum Gasteiger partial charge on any atom is -0.496 e. The zero-order valence-electron chi connectivity index (χ0n) is 17.4. The van der Waals surface area contributed by atoms with Gasteiger partial charge in [0.25, 0.3) is 5.91 Å². The summed E-state index contributed by atoms with van der Waals surface area (Å²) < 4.78 is 15.5. The van der Waals surface area contributed by atoms with Gasteiger partial charge >= 0.3 is 5.97 Å². The van der Waals surface area contributed by atoms with Gasteiger partial charge in [0.1, 0.15) is 17.1 Å². The zero-order chi connectivity index (χ0) is 22.1. The van der Waals surface area contributed by atoms with E-state index in [0.717, 1.165) is 16.9 Å². The molecule has 0 aliphatic rings. The van der Waals surface area contributed by atoms with E-state index >= 15 is 0 Å². The molecule has 0 saturated carbocycles. The molecule has 0 heterocycles. The highest BCUT2D eigenvalue weighted by molar-refractivity contribution is 5.92. The van der Waals surface area contributed by atoms with Crippen LogP contribution in [-0.2, 0) is 16.1 Å². The molecule has 1 amide bonds. The number of nitrogens with one attached hydrogen (secondary N) is 2. The predicted octanol–water partition coefficient (Wildman–Crippen LogP) is 3.92. The van der Waals surface area contributed by atoms with E-state index in [-0.39, 0.29) is 19.1 Å². The van der Waals surface area contributed by atoms with Gasteiger partial charge in [0.2, 0.25) is 0 Å². The summed E-state index contributed by atoms with van der Waals surface area (Å²) in [6, 6.07) is 22.2. The Morgan fingerprint density at radius 3 is 2.26 bits per heavy atom. The monoisotopic (exact) mass is 420 g/mol. The lowest BCUT2D eigenvalue weighted by Gasteiger charge is -2.11. The third-order valence-corrected chi connectivity index (χ3v) is 4.45. The Morgan fingerprint density at radius 1 is 0.871 bits per heavy atom. The Hall–Kier alpha value is -4.00. The molecule has 0 fully saturated rings. The topological polar surface area (TPSA) is 85.9 Å². The molecule has 31 heavy (non-hydrogen) atoms. The van der Waals surface area contributed by atoms with Crippen molar-refractivity contribution in [1.82, 2.24) is 5.32 Å². The molecule has 0 radical (unpaired) electrons. The number of carbonyl (C=O) groups is 2. The number of esters is 1. The summed E-state index contributed by atoms with van der Waals surface area (Å²) in [7, 11) is 2.78. The molecule has 7 nitrogen and oxygen atoms in total. The second kappa shape index (κ2) is 10.7. The maximum Gasteiger partial charge on any atom is 0.341 e. The van der Waals surface area contributed by atoms with Gasteiger partial charge in [0.05, 0.1) is 14.2 Å². The number of rotatable bonds is 9. The Balaban J connectivity index is 1.48. The molecule has 3 aromatic rings. The predicted molar refractivity (Wildman–Crippen MR) is 118 cm³/mol. The molecule has 0 aliphatic carbocycles. The lowest BCUT2D eigenvalue weighted by Crippen LogP contribution is -2.28. The highest BCUT2D eigenvalue weighted by atomic mass is 16.5. The smallest absolute Gasteiger partial charge is 0.341 e. The maximum atomic E-state index is 12.1. The summed E-state index contributed by atoms with van der Waals surface area (Å²) in [5.74, 6) is 0.224. The number of anilines is 2. The molecule has 0 saturated heterocycles. The molecule has 0 aromatic heterocycles. The number of methoxy groups -OCH3 is 2. The van der Waals surface area contributed by atoms with Crippen LogP contribution in [-0.4, -0.2) is 32.7 Å². The van der Waals surface area contributed by atoms with Gasteiger partial charge in [0.15, 0.2) is 6.61 Å². The molecule has 160 valence electrons. The third-order valence-electron chi connectivity index (χ3n) is 4.45. The lowest BCUT2D eigenvalue weighted by molar-refractivity contribution is -0.123. The Labute approximate surface area is 180 Å². The van der Waals surface area contributed by atoms with E-state index in [1.54, 1.807) is 30.3 Å². The summed E-state index contributed by atoms with van der Waals surface area (Å²) in [5, 5.41) is 6.05. The van der Waals surface area contributed by atoms with Gasteiger partial charge in [-0.2, -0.15) is 0 Å². The Bertz CT molecular complexity index is 1020. The Kier molecular flexibility index (Phi) is 7.48. The fourth-order valence-electron chi connectivity index (χ4n) is 2.86. The summed E-state index contributed by atoms with van der Waals surface area (Å²) in [5.41, 5.74) is 2.96. The SMILES string of the molecule is COC(=O)c1cc(CNC(=O)COc2ccc(Nc3ccccc3)cc2)ccc1OC. The molecule has 0 aliphatic heterocycles. The fourth-order valence-corrected chi connectivity index (χ4v) is 2.86. The molecule has 2 N–H and O–H groups in total. The van der Waals surface area contributed by atoms with Crippen LogP contribution in [0.4, 0.5) is 11.4 Å². The quantitative estimate of drug-likeness (QED) is 0.511. The first-order valence-electron chi connectivity index (χ1n) is 9.66.